The Morgan fingerprint density at radius 3 is 2.70 bits per heavy atom. The third kappa shape index (κ3) is 4.82. The van der Waals surface area contributed by atoms with Gasteiger partial charge in [-0.25, -0.2) is 4.39 Å². The normalized spacial score (nSPS) is 9.96. The summed E-state index contributed by atoms with van der Waals surface area (Å²) in [6.45, 7) is 0.957. The lowest BCUT2D eigenvalue weighted by Gasteiger charge is -2.17. The van der Waals surface area contributed by atoms with Gasteiger partial charge in [0.1, 0.15) is 11.6 Å². The molecule has 5 heteroatoms. The van der Waals surface area contributed by atoms with Crippen molar-refractivity contribution >= 4 is 5.91 Å². The molecule has 0 aromatic heterocycles. The molecule has 2 aromatic rings. The van der Waals surface area contributed by atoms with Crippen molar-refractivity contribution in [2.45, 2.75) is 6.42 Å². The first kappa shape index (κ1) is 16.5. The second-order valence-corrected chi connectivity index (χ2v) is 5.08. The summed E-state index contributed by atoms with van der Waals surface area (Å²) in [7, 11) is 1.71. The maximum Gasteiger partial charge on any atom is 0.253 e. The second kappa shape index (κ2) is 7.95. The molecule has 0 heterocycles. The number of amides is 1. The van der Waals surface area contributed by atoms with Gasteiger partial charge >= 0.3 is 0 Å². The molecule has 0 atom stereocenters. The molecule has 0 saturated heterocycles. The van der Waals surface area contributed by atoms with Crippen LogP contribution in [0, 0.1) is 17.1 Å². The van der Waals surface area contributed by atoms with Crippen LogP contribution in [0.15, 0.2) is 48.5 Å². The molecule has 118 valence electrons. The Balaban J connectivity index is 1.80. The van der Waals surface area contributed by atoms with Gasteiger partial charge in [0.05, 0.1) is 18.2 Å². The molecular formula is C18H17FN2O2. The van der Waals surface area contributed by atoms with Gasteiger partial charge in [-0.15, -0.1) is 0 Å². The fourth-order valence-corrected chi connectivity index (χ4v) is 2.07. The molecule has 0 saturated carbocycles. The minimum atomic E-state index is -0.303. The molecular weight excluding hydrogens is 295 g/mol. The lowest BCUT2D eigenvalue weighted by Crippen LogP contribution is -2.28. The first-order valence-electron chi connectivity index (χ1n) is 7.24. The highest BCUT2D eigenvalue weighted by atomic mass is 19.1. The fraction of sp³-hybridized carbons (Fsp3) is 0.222. The van der Waals surface area contributed by atoms with Crippen molar-refractivity contribution in [3.8, 4) is 11.8 Å². The molecule has 2 rings (SSSR count). The fourth-order valence-electron chi connectivity index (χ4n) is 2.07. The van der Waals surface area contributed by atoms with Gasteiger partial charge in [0.25, 0.3) is 5.91 Å². The molecule has 0 aliphatic rings. The summed E-state index contributed by atoms with van der Waals surface area (Å²) in [5.41, 5.74) is 0.954. The average molecular weight is 312 g/mol. The molecule has 0 N–H and O–H groups in total. The van der Waals surface area contributed by atoms with Crippen molar-refractivity contribution in [2.75, 3.05) is 20.2 Å². The number of benzene rings is 2. The van der Waals surface area contributed by atoms with Crippen LogP contribution in [0.25, 0.3) is 0 Å². The van der Waals surface area contributed by atoms with Crippen LogP contribution in [0.5, 0.6) is 5.75 Å². The first-order valence-corrected chi connectivity index (χ1v) is 7.24. The van der Waals surface area contributed by atoms with E-state index < -0.39 is 0 Å². The zero-order valence-corrected chi connectivity index (χ0v) is 12.8. The summed E-state index contributed by atoms with van der Waals surface area (Å²) in [5.74, 6) is 0.160. The molecule has 23 heavy (non-hydrogen) atoms. The highest BCUT2D eigenvalue weighted by molar-refractivity contribution is 5.94. The number of rotatable bonds is 6. The van der Waals surface area contributed by atoms with Crippen molar-refractivity contribution < 1.29 is 13.9 Å². The first-order chi connectivity index (χ1) is 11.1. The number of ether oxygens (including phenoxy) is 1. The third-order valence-corrected chi connectivity index (χ3v) is 3.31. The quantitative estimate of drug-likeness (QED) is 0.769. The van der Waals surface area contributed by atoms with E-state index in [1.54, 1.807) is 48.3 Å². The van der Waals surface area contributed by atoms with Crippen molar-refractivity contribution in [3.05, 3.63) is 65.5 Å². The van der Waals surface area contributed by atoms with E-state index in [1.165, 1.54) is 12.1 Å². The van der Waals surface area contributed by atoms with Gasteiger partial charge in [0, 0.05) is 19.2 Å². The number of nitriles is 1. The number of hydrogen-bond acceptors (Lipinski definition) is 3. The van der Waals surface area contributed by atoms with Crippen LogP contribution >= 0.6 is 0 Å². The van der Waals surface area contributed by atoms with E-state index in [0.717, 1.165) is 0 Å². The van der Waals surface area contributed by atoms with Crippen LogP contribution in [-0.4, -0.2) is 31.0 Å². The highest BCUT2D eigenvalue weighted by Crippen LogP contribution is 2.11. The molecule has 0 bridgehead atoms. The number of hydrogen-bond donors (Lipinski definition) is 0. The summed E-state index contributed by atoms with van der Waals surface area (Å²) >= 11 is 0. The summed E-state index contributed by atoms with van der Waals surface area (Å²) in [6, 6.07) is 14.5. The number of nitrogens with zero attached hydrogens (tertiary/aromatic N) is 2. The van der Waals surface area contributed by atoms with Crippen LogP contribution in [0.1, 0.15) is 22.3 Å². The highest BCUT2D eigenvalue weighted by Gasteiger charge is 2.11. The predicted octanol–water partition coefficient (Wildman–Crippen LogP) is 3.24. The number of carbonyl (C=O) groups is 1. The Bertz CT molecular complexity index is 708. The lowest BCUT2D eigenvalue weighted by atomic mass is 10.1. The zero-order valence-electron chi connectivity index (χ0n) is 12.8. The van der Waals surface area contributed by atoms with Crippen LogP contribution in [0.4, 0.5) is 4.39 Å². The Hall–Kier alpha value is -2.87. The van der Waals surface area contributed by atoms with Crippen LogP contribution in [0.2, 0.25) is 0 Å². The van der Waals surface area contributed by atoms with Gasteiger partial charge in [-0.2, -0.15) is 5.26 Å². The Morgan fingerprint density at radius 2 is 2.00 bits per heavy atom. The summed E-state index contributed by atoms with van der Waals surface area (Å²) in [5, 5.41) is 8.87. The smallest absolute Gasteiger partial charge is 0.253 e. The van der Waals surface area contributed by atoms with Crippen LogP contribution in [0.3, 0.4) is 0 Å². The topological polar surface area (TPSA) is 53.3 Å². The van der Waals surface area contributed by atoms with Gasteiger partial charge in [-0.3, -0.25) is 4.79 Å². The van der Waals surface area contributed by atoms with E-state index in [2.05, 4.69) is 0 Å². The van der Waals surface area contributed by atoms with E-state index in [0.29, 0.717) is 36.4 Å². The summed E-state index contributed by atoms with van der Waals surface area (Å²) in [4.78, 5) is 13.8. The summed E-state index contributed by atoms with van der Waals surface area (Å²) < 4.78 is 18.3. The molecule has 1 amide bonds. The van der Waals surface area contributed by atoms with Gasteiger partial charge in [-0.05, 0) is 48.9 Å². The van der Waals surface area contributed by atoms with Crippen LogP contribution < -0.4 is 4.74 Å². The minimum absolute atomic E-state index is 0.135. The van der Waals surface area contributed by atoms with Crippen molar-refractivity contribution in [1.29, 1.82) is 5.26 Å². The zero-order chi connectivity index (χ0) is 16.7. The van der Waals surface area contributed by atoms with E-state index in [-0.39, 0.29) is 11.7 Å². The Morgan fingerprint density at radius 1 is 1.26 bits per heavy atom. The Labute approximate surface area is 134 Å². The molecule has 0 fully saturated rings. The van der Waals surface area contributed by atoms with Crippen molar-refractivity contribution in [1.82, 2.24) is 4.90 Å². The summed E-state index contributed by atoms with van der Waals surface area (Å²) in [6.07, 6.45) is 0.650. The molecule has 0 spiro atoms. The van der Waals surface area contributed by atoms with E-state index >= 15 is 0 Å². The van der Waals surface area contributed by atoms with Crippen molar-refractivity contribution in [2.24, 2.45) is 0 Å². The molecule has 0 radical (unpaired) electrons. The maximum absolute atomic E-state index is 12.8. The average Bonchev–Trinajstić information content (AvgIpc) is 2.59. The monoisotopic (exact) mass is 312 g/mol. The minimum Gasteiger partial charge on any atom is -0.494 e. The van der Waals surface area contributed by atoms with Crippen LogP contribution in [-0.2, 0) is 0 Å². The van der Waals surface area contributed by atoms with Gasteiger partial charge in [0.15, 0.2) is 0 Å². The largest absolute Gasteiger partial charge is 0.494 e. The molecule has 2 aromatic carbocycles. The second-order valence-electron chi connectivity index (χ2n) is 5.08. The van der Waals surface area contributed by atoms with E-state index in [4.69, 9.17) is 10.00 Å². The number of carbonyl (C=O) groups excluding carboxylic acids is 1. The van der Waals surface area contributed by atoms with Gasteiger partial charge in [0.2, 0.25) is 0 Å². The standard InChI is InChI=1S/C18H17FN2O2/c1-21(18(22)15-5-2-4-14(12-15)13-20)10-3-11-23-17-8-6-16(19)7-9-17/h2,4-9,12H,3,10-11H2,1H3. The SMILES string of the molecule is CN(CCCOc1ccc(F)cc1)C(=O)c1cccc(C#N)c1. The number of halogens is 1. The third-order valence-electron chi connectivity index (χ3n) is 3.31. The Kier molecular flexibility index (Phi) is 5.70. The molecule has 0 unspecified atom stereocenters. The maximum atomic E-state index is 12.8. The van der Waals surface area contributed by atoms with Crippen molar-refractivity contribution in [3.63, 3.8) is 0 Å². The molecule has 4 nitrogen and oxygen atoms in total. The van der Waals surface area contributed by atoms with Gasteiger partial charge in [-0.1, -0.05) is 6.07 Å². The van der Waals surface area contributed by atoms with E-state index in [9.17, 15) is 9.18 Å². The predicted molar refractivity (Wildman–Crippen MR) is 84.6 cm³/mol. The van der Waals surface area contributed by atoms with Gasteiger partial charge < -0.3 is 9.64 Å². The molecule has 0 aliphatic carbocycles. The van der Waals surface area contributed by atoms with E-state index in [1.807, 2.05) is 6.07 Å². The molecule has 0 aliphatic heterocycles. The lowest BCUT2D eigenvalue weighted by molar-refractivity contribution is 0.0788.